The smallest absolute Gasteiger partial charge is 0.0685 e. The Morgan fingerprint density at radius 3 is 2.75 bits per heavy atom. The van der Waals surface area contributed by atoms with Gasteiger partial charge < -0.3 is 4.74 Å². The summed E-state index contributed by atoms with van der Waals surface area (Å²) in [7, 11) is 0. The first kappa shape index (κ1) is 12.3. The van der Waals surface area contributed by atoms with Gasteiger partial charge in [-0.1, -0.05) is 26.2 Å². The molecule has 0 aromatic heterocycles. The lowest BCUT2D eigenvalue weighted by Crippen LogP contribution is -2.49. The minimum atomic E-state index is 0.214. The van der Waals surface area contributed by atoms with Gasteiger partial charge in [0.1, 0.15) is 0 Å². The van der Waals surface area contributed by atoms with Gasteiger partial charge in [0.2, 0.25) is 0 Å². The zero-order chi connectivity index (χ0) is 11.4. The van der Waals surface area contributed by atoms with Crippen LogP contribution in [0.3, 0.4) is 0 Å². The van der Waals surface area contributed by atoms with E-state index in [-0.39, 0.29) is 5.60 Å². The summed E-state index contributed by atoms with van der Waals surface area (Å²) in [5, 5.41) is 0. The van der Waals surface area contributed by atoms with Crippen molar-refractivity contribution in [2.75, 3.05) is 6.61 Å². The third-order valence-electron chi connectivity index (χ3n) is 4.52. The average Bonchev–Trinajstić information content (AvgIpc) is 2.32. The van der Waals surface area contributed by atoms with Crippen molar-refractivity contribution in [3.8, 4) is 0 Å². The first-order valence-corrected chi connectivity index (χ1v) is 6.90. The normalized spacial score (nSPS) is 31.5. The van der Waals surface area contributed by atoms with Crippen molar-refractivity contribution in [3.63, 3.8) is 0 Å². The van der Waals surface area contributed by atoms with Gasteiger partial charge in [0.15, 0.2) is 0 Å². The molecule has 0 amide bonds. The zero-order valence-electron chi connectivity index (χ0n) is 10.5. The number of hydrazine groups is 1. The van der Waals surface area contributed by atoms with Crippen LogP contribution in [0, 0.1) is 5.92 Å². The molecule has 16 heavy (non-hydrogen) atoms. The predicted octanol–water partition coefficient (Wildman–Crippen LogP) is 2.36. The molecule has 1 saturated heterocycles. The summed E-state index contributed by atoms with van der Waals surface area (Å²) >= 11 is 0. The fraction of sp³-hybridized carbons (Fsp3) is 1.00. The van der Waals surface area contributed by atoms with Gasteiger partial charge >= 0.3 is 0 Å². The number of ether oxygens (including phenoxy) is 1. The number of hydrogen-bond acceptors (Lipinski definition) is 3. The predicted molar refractivity (Wildman–Crippen MR) is 65.9 cm³/mol. The lowest BCUT2D eigenvalue weighted by molar-refractivity contribution is -0.121. The highest BCUT2D eigenvalue weighted by atomic mass is 16.5. The van der Waals surface area contributed by atoms with E-state index in [1.807, 2.05) is 0 Å². The Balaban J connectivity index is 1.97. The Bertz CT molecular complexity index is 204. The van der Waals surface area contributed by atoms with E-state index in [0.717, 1.165) is 13.0 Å². The molecule has 0 bridgehead atoms. The third-order valence-corrected chi connectivity index (χ3v) is 4.52. The first-order chi connectivity index (χ1) is 7.79. The summed E-state index contributed by atoms with van der Waals surface area (Å²) < 4.78 is 6.11. The Morgan fingerprint density at radius 2 is 2.12 bits per heavy atom. The van der Waals surface area contributed by atoms with Crippen LogP contribution in [0.4, 0.5) is 0 Å². The molecule has 1 saturated carbocycles. The van der Waals surface area contributed by atoms with Crippen LogP contribution in [0.25, 0.3) is 0 Å². The van der Waals surface area contributed by atoms with Gasteiger partial charge in [-0.3, -0.25) is 11.3 Å². The van der Waals surface area contributed by atoms with Gasteiger partial charge in [-0.25, -0.2) is 0 Å². The quantitative estimate of drug-likeness (QED) is 0.573. The Hall–Kier alpha value is -0.120. The lowest BCUT2D eigenvalue weighted by atomic mass is 9.74. The van der Waals surface area contributed by atoms with Crippen molar-refractivity contribution >= 4 is 0 Å². The second kappa shape index (κ2) is 5.48. The molecule has 3 heteroatoms. The summed E-state index contributed by atoms with van der Waals surface area (Å²) in [5.74, 6) is 6.35. The molecule has 2 rings (SSSR count). The highest BCUT2D eigenvalue weighted by molar-refractivity contribution is 4.92. The van der Waals surface area contributed by atoms with Crippen LogP contribution < -0.4 is 11.3 Å². The summed E-state index contributed by atoms with van der Waals surface area (Å²) in [6, 6.07) is 0.475. The number of rotatable bonds is 3. The molecule has 3 nitrogen and oxygen atoms in total. The Labute approximate surface area is 99.1 Å². The summed E-state index contributed by atoms with van der Waals surface area (Å²) in [6.07, 6.45) is 10.1. The van der Waals surface area contributed by atoms with Crippen LogP contribution in [0.2, 0.25) is 0 Å². The summed E-state index contributed by atoms with van der Waals surface area (Å²) in [6.45, 7) is 3.15. The first-order valence-electron chi connectivity index (χ1n) is 6.90. The molecule has 2 aliphatic rings. The maximum atomic E-state index is 6.11. The molecule has 0 aromatic carbocycles. The van der Waals surface area contributed by atoms with E-state index in [2.05, 4.69) is 12.3 Å². The van der Waals surface area contributed by atoms with E-state index in [1.165, 1.54) is 44.9 Å². The molecule has 2 unspecified atom stereocenters. The van der Waals surface area contributed by atoms with Crippen molar-refractivity contribution in [1.29, 1.82) is 0 Å². The lowest BCUT2D eigenvalue weighted by Gasteiger charge is -2.45. The van der Waals surface area contributed by atoms with Crippen LogP contribution in [0.15, 0.2) is 0 Å². The van der Waals surface area contributed by atoms with Crippen LogP contribution >= 0.6 is 0 Å². The van der Waals surface area contributed by atoms with Crippen LogP contribution in [-0.2, 0) is 4.74 Å². The standard InChI is InChI=1S/C13H26N2O/c1-2-12(15-14)11-6-9-16-13(10-11)7-4-3-5-8-13/h11-12,15H,2-10,14H2,1H3. The summed E-state index contributed by atoms with van der Waals surface area (Å²) in [4.78, 5) is 0. The molecule has 0 aromatic rings. The van der Waals surface area contributed by atoms with E-state index < -0.39 is 0 Å². The van der Waals surface area contributed by atoms with Crippen molar-refractivity contribution < 1.29 is 4.74 Å². The molecule has 2 fully saturated rings. The third kappa shape index (κ3) is 2.58. The van der Waals surface area contributed by atoms with Crippen LogP contribution in [-0.4, -0.2) is 18.2 Å². The second-order valence-corrected chi connectivity index (χ2v) is 5.53. The Morgan fingerprint density at radius 1 is 1.38 bits per heavy atom. The van der Waals surface area contributed by atoms with E-state index in [0.29, 0.717) is 12.0 Å². The van der Waals surface area contributed by atoms with Gasteiger partial charge in [0.25, 0.3) is 0 Å². The number of hydrogen-bond donors (Lipinski definition) is 2. The Kier molecular flexibility index (Phi) is 4.22. The molecule has 1 heterocycles. The van der Waals surface area contributed by atoms with E-state index >= 15 is 0 Å². The van der Waals surface area contributed by atoms with Crippen molar-refractivity contribution in [1.82, 2.24) is 5.43 Å². The second-order valence-electron chi connectivity index (χ2n) is 5.53. The van der Waals surface area contributed by atoms with Gasteiger partial charge in [0, 0.05) is 12.6 Å². The van der Waals surface area contributed by atoms with Crippen LogP contribution in [0.1, 0.15) is 58.3 Å². The minimum Gasteiger partial charge on any atom is -0.375 e. The topological polar surface area (TPSA) is 47.3 Å². The monoisotopic (exact) mass is 226 g/mol. The zero-order valence-corrected chi connectivity index (χ0v) is 10.5. The molecule has 3 N–H and O–H groups in total. The van der Waals surface area contributed by atoms with Gasteiger partial charge in [-0.05, 0) is 38.0 Å². The summed E-state index contributed by atoms with van der Waals surface area (Å²) in [5.41, 5.74) is 3.20. The molecule has 94 valence electrons. The van der Waals surface area contributed by atoms with E-state index in [4.69, 9.17) is 10.6 Å². The van der Waals surface area contributed by atoms with Crippen LogP contribution in [0.5, 0.6) is 0 Å². The SMILES string of the molecule is CCC(NN)C1CCOC2(CCCCC2)C1. The largest absolute Gasteiger partial charge is 0.375 e. The molecule has 1 aliphatic heterocycles. The van der Waals surface area contributed by atoms with Crippen molar-refractivity contribution in [2.45, 2.75) is 69.9 Å². The van der Waals surface area contributed by atoms with Gasteiger partial charge in [-0.15, -0.1) is 0 Å². The van der Waals surface area contributed by atoms with E-state index in [1.54, 1.807) is 0 Å². The molecule has 1 aliphatic carbocycles. The highest BCUT2D eigenvalue weighted by Gasteiger charge is 2.40. The number of nitrogens with two attached hydrogens (primary N) is 1. The average molecular weight is 226 g/mol. The van der Waals surface area contributed by atoms with Crippen molar-refractivity contribution in [2.24, 2.45) is 11.8 Å². The fourth-order valence-electron chi connectivity index (χ4n) is 3.54. The molecule has 1 spiro atoms. The fourth-order valence-corrected chi connectivity index (χ4v) is 3.54. The maximum absolute atomic E-state index is 6.11. The minimum absolute atomic E-state index is 0.214. The van der Waals surface area contributed by atoms with Gasteiger partial charge in [-0.2, -0.15) is 0 Å². The molecular weight excluding hydrogens is 200 g/mol. The molecule has 0 radical (unpaired) electrons. The highest BCUT2D eigenvalue weighted by Crippen LogP contribution is 2.41. The van der Waals surface area contributed by atoms with E-state index in [9.17, 15) is 0 Å². The molecule has 2 atom stereocenters. The van der Waals surface area contributed by atoms with Crippen molar-refractivity contribution in [3.05, 3.63) is 0 Å². The van der Waals surface area contributed by atoms with Gasteiger partial charge in [0.05, 0.1) is 5.60 Å². The molecular formula is C13H26N2O. The maximum Gasteiger partial charge on any atom is 0.0685 e. The number of nitrogens with one attached hydrogen (secondary N) is 1.